The summed E-state index contributed by atoms with van der Waals surface area (Å²) in [5.74, 6) is -5.04. The maximum Gasteiger partial charge on any atom is 0.243 e. The maximum atomic E-state index is 13.5. The zero-order chi connectivity index (χ0) is 18.2. The predicted molar refractivity (Wildman–Crippen MR) is 90.8 cm³/mol. The second kappa shape index (κ2) is 9.54. The number of halogens is 3. The summed E-state index contributed by atoms with van der Waals surface area (Å²) in [5, 5.41) is 8.03. The molecule has 1 fully saturated rings. The predicted octanol–water partition coefficient (Wildman–Crippen LogP) is 0.839. The largest absolute Gasteiger partial charge is 0.379 e. The number of morpholine rings is 1. The molecule has 3 N–H and O–H groups in total. The van der Waals surface area contributed by atoms with Crippen LogP contribution < -0.4 is 16.0 Å². The number of nitrogens with one attached hydrogen (secondary N) is 3. The van der Waals surface area contributed by atoms with Gasteiger partial charge in [0.05, 0.1) is 25.4 Å². The topological polar surface area (TPSA) is 65.6 Å². The highest BCUT2D eigenvalue weighted by Gasteiger charge is 2.15. The fourth-order valence-electron chi connectivity index (χ4n) is 2.19. The summed E-state index contributed by atoms with van der Waals surface area (Å²) in [6.45, 7) is 4.31. The van der Waals surface area contributed by atoms with E-state index in [1.807, 2.05) is 0 Å². The lowest BCUT2D eigenvalue weighted by Gasteiger charge is -2.26. The van der Waals surface area contributed by atoms with Crippen molar-refractivity contribution in [3.63, 3.8) is 0 Å². The van der Waals surface area contributed by atoms with Crippen LogP contribution in [0.25, 0.3) is 0 Å². The molecular formula is C15H19F3N4O2S. The van der Waals surface area contributed by atoms with Crippen LogP contribution in [0.15, 0.2) is 12.1 Å². The number of hydrogen-bond acceptors (Lipinski definition) is 4. The average Bonchev–Trinajstić information content (AvgIpc) is 2.61. The number of carbonyl (C=O) groups excluding carboxylic acids is 1. The Hall–Kier alpha value is -1.91. The van der Waals surface area contributed by atoms with E-state index in [-0.39, 0.29) is 11.7 Å². The van der Waals surface area contributed by atoms with Crippen LogP contribution in [-0.4, -0.2) is 61.9 Å². The molecule has 1 aliphatic rings. The minimum atomic E-state index is -1.63. The number of hydrogen-bond donors (Lipinski definition) is 3. The van der Waals surface area contributed by atoms with E-state index in [0.29, 0.717) is 19.8 Å². The standard InChI is InChI=1S/C15H19F3N4O2S/c16-10-1-2-11(14(18)13(10)17)21-12(23)9-20-15(25)19-3-4-22-5-7-24-8-6-22/h1-2H,3-9H2,(H,21,23)(H2,19,20,25). The van der Waals surface area contributed by atoms with Crippen molar-refractivity contribution in [3.05, 3.63) is 29.6 Å². The van der Waals surface area contributed by atoms with Crippen LogP contribution in [0.4, 0.5) is 18.9 Å². The molecule has 1 aromatic carbocycles. The van der Waals surface area contributed by atoms with Gasteiger partial charge in [0.2, 0.25) is 5.91 Å². The van der Waals surface area contributed by atoms with Crippen molar-refractivity contribution >= 4 is 28.9 Å². The Morgan fingerprint density at radius 3 is 2.60 bits per heavy atom. The van der Waals surface area contributed by atoms with Crippen molar-refractivity contribution < 1.29 is 22.7 Å². The van der Waals surface area contributed by atoms with Gasteiger partial charge in [0, 0.05) is 26.2 Å². The Balaban J connectivity index is 1.67. The SMILES string of the molecule is O=C(CNC(=S)NCCN1CCOCC1)Nc1ccc(F)c(F)c1F. The Kier molecular flexibility index (Phi) is 7.41. The van der Waals surface area contributed by atoms with Gasteiger partial charge in [-0.1, -0.05) is 0 Å². The molecule has 2 rings (SSSR count). The second-order valence-electron chi connectivity index (χ2n) is 5.33. The van der Waals surface area contributed by atoms with Gasteiger partial charge >= 0.3 is 0 Å². The van der Waals surface area contributed by atoms with Gasteiger partial charge in [0.1, 0.15) is 0 Å². The molecule has 0 unspecified atom stereocenters. The average molecular weight is 376 g/mol. The summed E-state index contributed by atoms with van der Waals surface area (Å²) in [6.07, 6.45) is 0. The first-order valence-electron chi connectivity index (χ1n) is 7.72. The summed E-state index contributed by atoms with van der Waals surface area (Å²) in [7, 11) is 0. The van der Waals surface area contributed by atoms with Crippen molar-refractivity contribution in [3.8, 4) is 0 Å². The van der Waals surface area contributed by atoms with Crippen LogP contribution >= 0.6 is 12.2 Å². The van der Waals surface area contributed by atoms with Crippen molar-refractivity contribution in [1.29, 1.82) is 0 Å². The number of amides is 1. The first-order valence-corrected chi connectivity index (χ1v) is 8.13. The quantitative estimate of drug-likeness (QED) is 0.505. The van der Waals surface area contributed by atoms with Gasteiger partial charge in [-0.05, 0) is 24.4 Å². The Bertz CT molecular complexity index is 627. The molecule has 1 saturated heterocycles. The number of thiocarbonyl (C=S) groups is 1. The molecule has 0 atom stereocenters. The highest BCUT2D eigenvalue weighted by Crippen LogP contribution is 2.19. The zero-order valence-electron chi connectivity index (χ0n) is 13.4. The smallest absolute Gasteiger partial charge is 0.243 e. The molecule has 0 aromatic heterocycles. The molecule has 0 aliphatic carbocycles. The number of rotatable bonds is 6. The van der Waals surface area contributed by atoms with Crippen molar-refractivity contribution in [2.45, 2.75) is 0 Å². The van der Waals surface area contributed by atoms with Crippen LogP contribution in [0.2, 0.25) is 0 Å². The van der Waals surface area contributed by atoms with E-state index in [2.05, 4.69) is 20.9 Å². The van der Waals surface area contributed by atoms with Crippen molar-refractivity contribution in [2.75, 3.05) is 51.3 Å². The fourth-order valence-corrected chi connectivity index (χ4v) is 2.37. The van der Waals surface area contributed by atoms with Crippen LogP contribution in [0.3, 0.4) is 0 Å². The van der Waals surface area contributed by atoms with Gasteiger partial charge < -0.3 is 20.7 Å². The number of ether oxygens (including phenoxy) is 1. The third kappa shape index (κ3) is 6.15. The lowest BCUT2D eigenvalue weighted by Crippen LogP contribution is -2.45. The van der Waals surface area contributed by atoms with Gasteiger partial charge in [-0.2, -0.15) is 0 Å². The summed E-state index contributed by atoms with van der Waals surface area (Å²) in [6, 6.07) is 1.68. The first-order chi connectivity index (χ1) is 12.0. The molecule has 1 aliphatic heterocycles. The van der Waals surface area contributed by atoms with Crippen molar-refractivity contribution in [2.24, 2.45) is 0 Å². The van der Waals surface area contributed by atoms with Crippen LogP contribution in [0, 0.1) is 17.5 Å². The zero-order valence-corrected chi connectivity index (χ0v) is 14.2. The highest BCUT2D eigenvalue weighted by molar-refractivity contribution is 7.80. The van der Waals surface area contributed by atoms with E-state index in [1.165, 1.54) is 0 Å². The second-order valence-corrected chi connectivity index (χ2v) is 5.74. The van der Waals surface area contributed by atoms with Crippen LogP contribution in [0.1, 0.15) is 0 Å². The monoisotopic (exact) mass is 376 g/mol. The van der Waals surface area contributed by atoms with Crippen LogP contribution in [-0.2, 0) is 9.53 Å². The molecule has 10 heteroatoms. The summed E-state index contributed by atoms with van der Waals surface area (Å²) >= 11 is 5.04. The van der Waals surface area contributed by atoms with Crippen LogP contribution in [0.5, 0.6) is 0 Å². The third-order valence-electron chi connectivity index (χ3n) is 3.54. The minimum absolute atomic E-state index is 0.234. The Labute approximate surface area is 148 Å². The first kappa shape index (κ1) is 19.4. The summed E-state index contributed by atoms with van der Waals surface area (Å²) in [5.41, 5.74) is -0.433. The molecule has 1 aromatic rings. The Morgan fingerprint density at radius 2 is 1.88 bits per heavy atom. The lowest BCUT2D eigenvalue weighted by atomic mass is 10.2. The molecular weight excluding hydrogens is 357 g/mol. The van der Waals surface area contributed by atoms with E-state index >= 15 is 0 Å². The molecule has 0 radical (unpaired) electrons. The van der Waals surface area contributed by atoms with Gasteiger partial charge in [-0.3, -0.25) is 9.69 Å². The lowest BCUT2D eigenvalue weighted by molar-refractivity contribution is -0.115. The third-order valence-corrected chi connectivity index (χ3v) is 3.82. The number of nitrogens with zero attached hydrogens (tertiary/aromatic N) is 1. The fraction of sp³-hybridized carbons (Fsp3) is 0.467. The molecule has 25 heavy (non-hydrogen) atoms. The molecule has 1 heterocycles. The Morgan fingerprint density at radius 1 is 1.16 bits per heavy atom. The molecule has 0 spiro atoms. The minimum Gasteiger partial charge on any atom is -0.379 e. The summed E-state index contributed by atoms with van der Waals surface area (Å²) < 4.78 is 44.6. The molecule has 0 saturated carbocycles. The van der Waals surface area contributed by atoms with Gasteiger partial charge in [-0.15, -0.1) is 0 Å². The van der Waals surface area contributed by atoms with E-state index < -0.39 is 29.0 Å². The van der Waals surface area contributed by atoms with Crippen molar-refractivity contribution in [1.82, 2.24) is 15.5 Å². The van der Waals surface area contributed by atoms with E-state index in [4.69, 9.17) is 17.0 Å². The van der Waals surface area contributed by atoms with E-state index in [1.54, 1.807) is 0 Å². The molecule has 1 amide bonds. The van der Waals surface area contributed by atoms with Gasteiger partial charge in [0.15, 0.2) is 22.6 Å². The highest BCUT2D eigenvalue weighted by atomic mass is 32.1. The normalized spacial score (nSPS) is 14.8. The van der Waals surface area contributed by atoms with E-state index in [9.17, 15) is 18.0 Å². The number of carbonyl (C=O) groups is 1. The van der Waals surface area contributed by atoms with Gasteiger partial charge in [0.25, 0.3) is 0 Å². The van der Waals surface area contributed by atoms with E-state index in [0.717, 1.165) is 31.8 Å². The molecule has 6 nitrogen and oxygen atoms in total. The molecule has 0 bridgehead atoms. The van der Waals surface area contributed by atoms with Gasteiger partial charge in [-0.25, -0.2) is 13.2 Å². The maximum absolute atomic E-state index is 13.5. The summed E-state index contributed by atoms with van der Waals surface area (Å²) in [4.78, 5) is 13.9. The number of benzene rings is 1. The number of anilines is 1. The molecule has 138 valence electrons.